The van der Waals surface area contributed by atoms with E-state index in [1.54, 1.807) is 16.6 Å². The zero-order valence-corrected chi connectivity index (χ0v) is 21.2. The van der Waals surface area contributed by atoms with Crippen LogP contribution in [0.2, 0.25) is 0 Å². The molecule has 4 aromatic rings. The first-order chi connectivity index (χ1) is 17.9. The average Bonchev–Trinajstić information content (AvgIpc) is 3.56. The van der Waals surface area contributed by atoms with E-state index < -0.39 is 11.5 Å². The van der Waals surface area contributed by atoms with Crippen LogP contribution in [-0.4, -0.2) is 45.3 Å². The Morgan fingerprint density at radius 1 is 0.973 bits per heavy atom. The molecule has 0 saturated carbocycles. The first-order valence-corrected chi connectivity index (χ1v) is 12.7. The highest BCUT2D eigenvalue weighted by Gasteiger charge is 2.62. The van der Waals surface area contributed by atoms with Gasteiger partial charge in [0.15, 0.2) is 0 Å². The van der Waals surface area contributed by atoms with E-state index in [0.29, 0.717) is 6.54 Å². The topological polar surface area (TPSA) is 71.3 Å². The number of rotatable bonds is 5. The number of aromatic nitrogens is 3. The van der Waals surface area contributed by atoms with Gasteiger partial charge in [-0.25, -0.2) is 4.68 Å². The average molecular weight is 492 g/mol. The van der Waals surface area contributed by atoms with Gasteiger partial charge in [0.2, 0.25) is 11.8 Å². The maximum absolute atomic E-state index is 14.3. The monoisotopic (exact) mass is 491 g/mol. The molecule has 0 bridgehead atoms. The molecule has 7 heteroatoms. The van der Waals surface area contributed by atoms with Crippen LogP contribution >= 0.6 is 0 Å². The van der Waals surface area contributed by atoms with E-state index in [0.717, 1.165) is 33.8 Å². The second-order valence-electron chi connectivity index (χ2n) is 10.4. The molecule has 2 aliphatic rings. The first kappa shape index (κ1) is 23.2. The zero-order chi connectivity index (χ0) is 25.7. The highest BCUT2D eigenvalue weighted by Crippen LogP contribution is 2.57. The van der Waals surface area contributed by atoms with Crippen molar-refractivity contribution in [3.8, 4) is 16.9 Å². The van der Waals surface area contributed by atoms with Crippen molar-refractivity contribution < 1.29 is 9.59 Å². The second kappa shape index (κ2) is 8.69. The first-order valence-electron chi connectivity index (χ1n) is 12.7. The van der Waals surface area contributed by atoms with Gasteiger partial charge in [-0.3, -0.25) is 9.59 Å². The smallest absolute Gasteiger partial charge is 0.240 e. The third kappa shape index (κ3) is 3.56. The Morgan fingerprint density at radius 2 is 1.68 bits per heavy atom. The normalized spacial score (nSPS) is 20.9. The number of carbonyl (C=O) groups excluding carboxylic acids is 2. The Labute approximate surface area is 216 Å². The van der Waals surface area contributed by atoms with Gasteiger partial charge in [0.05, 0.1) is 17.9 Å². The molecule has 3 aromatic carbocycles. The van der Waals surface area contributed by atoms with Crippen molar-refractivity contribution in [1.29, 1.82) is 0 Å². The van der Waals surface area contributed by atoms with Crippen LogP contribution in [0.25, 0.3) is 16.9 Å². The van der Waals surface area contributed by atoms with Gasteiger partial charge < -0.3 is 9.80 Å². The number of anilines is 1. The fourth-order valence-electron chi connectivity index (χ4n) is 5.92. The summed E-state index contributed by atoms with van der Waals surface area (Å²) in [6.45, 7) is 4.80. The third-order valence-corrected chi connectivity index (χ3v) is 7.55. The highest BCUT2D eigenvalue weighted by molar-refractivity contribution is 6.12. The Morgan fingerprint density at radius 3 is 2.38 bits per heavy atom. The molecule has 0 radical (unpaired) electrons. The predicted octanol–water partition coefficient (Wildman–Crippen LogP) is 4.78. The number of likely N-dealkylation sites (tertiary alicyclic amines) is 1. The van der Waals surface area contributed by atoms with Crippen LogP contribution in [-0.2, 0) is 15.0 Å². The van der Waals surface area contributed by atoms with Gasteiger partial charge in [0.1, 0.15) is 11.1 Å². The lowest BCUT2D eigenvalue weighted by Gasteiger charge is -2.33. The van der Waals surface area contributed by atoms with Crippen LogP contribution in [0.4, 0.5) is 5.69 Å². The number of likely N-dealkylation sites (N-methyl/N-ethyl adjacent to an activating group) is 1. The molecule has 1 aromatic heterocycles. The molecule has 2 amide bonds. The summed E-state index contributed by atoms with van der Waals surface area (Å²) in [6.07, 6.45) is 2.03. The minimum absolute atomic E-state index is 0.0107. The van der Waals surface area contributed by atoms with E-state index >= 15 is 0 Å². The quantitative estimate of drug-likeness (QED) is 0.403. The molecule has 37 heavy (non-hydrogen) atoms. The zero-order valence-electron chi connectivity index (χ0n) is 21.2. The van der Waals surface area contributed by atoms with E-state index in [4.69, 9.17) is 0 Å². The summed E-state index contributed by atoms with van der Waals surface area (Å²) in [4.78, 5) is 31.2. The number of fused-ring (bicyclic) bond motifs is 2. The lowest BCUT2D eigenvalue weighted by Crippen LogP contribution is -2.45. The van der Waals surface area contributed by atoms with Crippen LogP contribution in [0, 0.1) is 5.92 Å². The Balaban J connectivity index is 1.52. The molecule has 3 heterocycles. The van der Waals surface area contributed by atoms with Gasteiger partial charge in [0.25, 0.3) is 0 Å². The Hall–Kier alpha value is -4.26. The van der Waals surface area contributed by atoms with Gasteiger partial charge >= 0.3 is 0 Å². The van der Waals surface area contributed by atoms with Gasteiger partial charge in [0, 0.05) is 31.3 Å². The number of nitrogens with zero attached hydrogens (tertiary/aromatic N) is 5. The maximum Gasteiger partial charge on any atom is 0.240 e. The molecule has 0 N–H and O–H groups in total. The molecule has 1 unspecified atom stereocenters. The van der Waals surface area contributed by atoms with E-state index in [1.165, 1.54) is 0 Å². The maximum atomic E-state index is 14.3. The predicted molar refractivity (Wildman–Crippen MR) is 142 cm³/mol. The summed E-state index contributed by atoms with van der Waals surface area (Å²) in [5.41, 5.74) is 4.26. The highest BCUT2D eigenvalue weighted by atomic mass is 16.2. The molecule has 1 spiro atoms. The number of hydrogen-bond donors (Lipinski definition) is 0. The molecule has 7 nitrogen and oxygen atoms in total. The fraction of sp³-hybridized carbons (Fsp3) is 0.267. The second-order valence-corrected chi connectivity index (χ2v) is 10.4. The number of amides is 2. The SMILES string of the molecule is CC(C)CN1C(=O)[C@@]2(CC(=O)N(C)C2c2ccccc2)c2cc(-n3cc(-c4ccccc4)nn3)ccc21. The lowest BCUT2D eigenvalue weighted by atomic mass is 9.72. The van der Waals surface area contributed by atoms with Crippen LogP contribution in [0.3, 0.4) is 0 Å². The van der Waals surface area contributed by atoms with Crippen molar-refractivity contribution in [1.82, 2.24) is 19.9 Å². The summed E-state index contributed by atoms with van der Waals surface area (Å²) in [6, 6.07) is 25.4. The molecule has 1 fully saturated rings. The molecule has 2 aliphatic heterocycles. The number of carbonyl (C=O) groups is 2. The molecule has 2 atom stereocenters. The van der Waals surface area contributed by atoms with Gasteiger partial charge in [-0.2, -0.15) is 0 Å². The summed E-state index contributed by atoms with van der Waals surface area (Å²) < 4.78 is 1.74. The van der Waals surface area contributed by atoms with E-state index in [9.17, 15) is 9.59 Å². The van der Waals surface area contributed by atoms with Crippen molar-refractivity contribution in [3.63, 3.8) is 0 Å². The summed E-state index contributed by atoms with van der Waals surface area (Å²) in [5.74, 6) is 0.237. The van der Waals surface area contributed by atoms with Gasteiger partial charge in [-0.15, -0.1) is 5.10 Å². The molecular weight excluding hydrogens is 462 g/mol. The van der Waals surface area contributed by atoms with Crippen molar-refractivity contribution >= 4 is 17.5 Å². The van der Waals surface area contributed by atoms with Crippen molar-refractivity contribution in [2.75, 3.05) is 18.5 Å². The summed E-state index contributed by atoms with van der Waals surface area (Å²) in [7, 11) is 1.81. The lowest BCUT2D eigenvalue weighted by molar-refractivity contribution is -0.128. The Kier molecular flexibility index (Phi) is 5.44. The minimum atomic E-state index is -1.00. The van der Waals surface area contributed by atoms with E-state index in [1.807, 2.05) is 90.0 Å². The minimum Gasteiger partial charge on any atom is -0.337 e. The largest absolute Gasteiger partial charge is 0.337 e. The Bertz CT molecular complexity index is 1480. The molecule has 0 aliphatic carbocycles. The third-order valence-electron chi connectivity index (χ3n) is 7.55. The standard InChI is InChI=1S/C30H29N5O2/c1-20(2)18-34-26-15-14-23(35-19-25(31-32-35)21-10-6-4-7-11-21)16-24(26)30(29(34)37)17-27(36)33(3)28(30)22-12-8-5-9-13-22/h4-16,19-20,28H,17-18H2,1-3H3/t28?,30-/m0/s1. The van der Waals surface area contributed by atoms with Crippen molar-refractivity contribution in [2.45, 2.75) is 31.7 Å². The van der Waals surface area contributed by atoms with E-state index in [-0.39, 0.29) is 24.2 Å². The molecule has 6 rings (SSSR count). The summed E-state index contributed by atoms with van der Waals surface area (Å²) >= 11 is 0. The molecule has 186 valence electrons. The number of hydrogen-bond acceptors (Lipinski definition) is 4. The van der Waals surface area contributed by atoms with Crippen LogP contribution < -0.4 is 4.90 Å². The van der Waals surface area contributed by atoms with Crippen molar-refractivity contribution in [2.24, 2.45) is 5.92 Å². The van der Waals surface area contributed by atoms with Crippen molar-refractivity contribution in [3.05, 3.63) is 96.2 Å². The van der Waals surface area contributed by atoms with Crippen LogP contribution in [0.1, 0.15) is 37.4 Å². The fourth-order valence-corrected chi connectivity index (χ4v) is 5.92. The van der Waals surface area contributed by atoms with E-state index in [2.05, 4.69) is 24.2 Å². The molecule has 1 saturated heterocycles. The van der Waals surface area contributed by atoms with Crippen LogP contribution in [0.15, 0.2) is 85.1 Å². The summed E-state index contributed by atoms with van der Waals surface area (Å²) in [5, 5.41) is 8.76. The molecular formula is C30H29N5O2. The van der Waals surface area contributed by atoms with Gasteiger partial charge in [-0.1, -0.05) is 79.7 Å². The van der Waals surface area contributed by atoms with Gasteiger partial charge in [-0.05, 0) is 35.2 Å². The van der Waals surface area contributed by atoms with Crippen LogP contribution in [0.5, 0.6) is 0 Å². The number of benzene rings is 3.